The number of ether oxygens (including phenoxy) is 2. The SMILES string of the molecule is CC(C)=CC[C@@]12OC(C)(C)[C@@H]3C[C@@H](C=C4C(=O)CC(C)O[C@]431)C2=O. The van der Waals surface area contributed by atoms with Crippen LogP contribution in [0.1, 0.15) is 53.9 Å². The Morgan fingerprint density at radius 3 is 2.71 bits per heavy atom. The highest BCUT2D eigenvalue weighted by Gasteiger charge is 2.80. The van der Waals surface area contributed by atoms with Crippen molar-refractivity contribution >= 4 is 11.6 Å². The normalized spacial score (nSPS) is 45.0. The highest BCUT2D eigenvalue weighted by atomic mass is 16.6. The van der Waals surface area contributed by atoms with Crippen LogP contribution in [-0.4, -0.2) is 34.5 Å². The van der Waals surface area contributed by atoms with Crippen molar-refractivity contribution in [3.05, 3.63) is 23.3 Å². The Hall–Kier alpha value is -1.26. The van der Waals surface area contributed by atoms with E-state index in [1.165, 1.54) is 0 Å². The monoisotopic (exact) mass is 330 g/mol. The molecule has 2 heterocycles. The zero-order valence-corrected chi connectivity index (χ0v) is 15.1. The summed E-state index contributed by atoms with van der Waals surface area (Å²) in [5.41, 5.74) is -0.620. The molecule has 1 saturated carbocycles. The summed E-state index contributed by atoms with van der Waals surface area (Å²) in [5, 5.41) is 0. The van der Waals surface area contributed by atoms with Crippen LogP contribution in [0.25, 0.3) is 0 Å². The number of carbonyl (C=O) groups excluding carboxylic acids is 2. The van der Waals surface area contributed by atoms with Crippen LogP contribution in [0, 0.1) is 11.8 Å². The van der Waals surface area contributed by atoms with E-state index in [1.54, 1.807) is 0 Å². The first-order valence-corrected chi connectivity index (χ1v) is 8.95. The highest BCUT2D eigenvalue weighted by molar-refractivity contribution is 6.07. The quantitative estimate of drug-likeness (QED) is 0.730. The van der Waals surface area contributed by atoms with E-state index in [2.05, 4.69) is 6.08 Å². The molecule has 0 N–H and O–H groups in total. The van der Waals surface area contributed by atoms with E-state index in [0.717, 1.165) is 5.57 Å². The van der Waals surface area contributed by atoms with Crippen molar-refractivity contribution in [2.45, 2.75) is 76.8 Å². The fourth-order valence-corrected chi connectivity index (χ4v) is 5.50. The molecule has 0 aromatic rings. The van der Waals surface area contributed by atoms with Gasteiger partial charge in [-0.05, 0) is 41.0 Å². The zero-order valence-electron chi connectivity index (χ0n) is 15.1. The van der Waals surface area contributed by atoms with Gasteiger partial charge in [-0.25, -0.2) is 0 Å². The first-order valence-electron chi connectivity index (χ1n) is 8.95. The maximum Gasteiger partial charge on any atom is 0.175 e. The first kappa shape index (κ1) is 16.2. The molecular weight excluding hydrogens is 304 g/mol. The first-order chi connectivity index (χ1) is 11.1. The average molecular weight is 330 g/mol. The second-order valence-corrected chi connectivity index (χ2v) is 8.65. The van der Waals surface area contributed by atoms with Crippen LogP contribution >= 0.6 is 0 Å². The van der Waals surface area contributed by atoms with Gasteiger partial charge in [0.1, 0.15) is 5.60 Å². The summed E-state index contributed by atoms with van der Waals surface area (Å²) in [7, 11) is 0. The van der Waals surface area contributed by atoms with Crippen LogP contribution in [0.15, 0.2) is 23.3 Å². The molecule has 4 heteroatoms. The third kappa shape index (κ3) is 1.71. The molecular formula is C20H26O4. The molecule has 4 bridgehead atoms. The molecule has 0 amide bonds. The van der Waals surface area contributed by atoms with Crippen LogP contribution in [0.3, 0.4) is 0 Å². The van der Waals surface area contributed by atoms with Crippen LogP contribution < -0.4 is 0 Å². The van der Waals surface area contributed by atoms with E-state index in [0.29, 0.717) is 24.8 Å². The molecule has 0 aromatic heterocycles. The smallest absolute Gasteiger partial charge is 0.175 e. The molecule has 3 fully saturated rings. The second-order valence-electron chi connectivity index (χ2n) is 8.65. The summed E-state index contributed by atoms with van der Waals surface area (Å²) in [6, 6.07) is 0. The third-order valence-electron chi connectivity index (χ3n) is 6.32. The maximum absolute atomic E-state index is 13.3. The molecule has 3 aliphatic carbocycles. The van der Waals surface area contributed by atoms with Gasteiger partial charge in [-0.3, -0.25) is 9.59 Å². The Bertz CT molecular complexity index is 696. The van der Waals surface area contributed by atoms with E-state index in [4.69, 9.17) is 9.47 Å². The van der Waals surface area contributed by atoms with Crippen LogP contribution in [0.4, 0.5) is 0 Å². The number of hydrogen-bond acceptors (Lipinski definition) is 4. The van der Waals surface area contributed by atoms with Gasteiger partial charge in [-0.2, -0.15) is 0 Å². The topological polar surface area (TPSA) is 52.6 Å². The molecule has 4 nitrogen and oxygen atoms in total. The van der Waals surface area contributed by atoms with E-state index >= 15 is 0 Å². The van der Waals surface area contributed by atoms with Crippen molar-refractivity contribution in [2.75, 3.05) is 0 Å². The van der Waals surface area contributed by atoms with Gasteiger partial charge in [0.15, 0.2) is 17.2 Å². The van der Waals surface area contributed by atoms with E-state index in [9.17, 15) is 9.59 Å². The minimum atomic E-state index is -1.06. The largest absolute Gasteiger partial charge is 0.363 e. The molecule has 2 aliphatic heterocycles. The predicted molar refractivity (Wildman–Crippen MR) is 89.5 cm³/mol. The number of carbonyl (C=O) groups is 2. The van der Waals surface area contributed by atoms with Crippen molar-refractivity contribution in [1.82, 2.24) is 0 Å². The summed E-state index contributed by atoms with van der Waals surface area (Å²) in [6.45, 7) is 10.0. The van der Waals surface area contributed by atoms with E-state index in [-0.39, 0.29) is 29.5 Å². The lowest BCUT2D eigenvalue weighted by atomic mass is 9.51. The van der Waals surface area contributed by atoms with Crippen molar-refractivity contribution in [2.24, 2.45) is 11.8 Å². The molecule has 5 aliphatic rings. The summed E-state index contributed by atoms with van der Waals surface area (Å²) in [4.78, 5) is 26.1. The standard InChI is InChI=1S/C20H26O4/c1-11(2)6-7-19-17(22)13-9-14-15(21)8-12(3)23-20(14,19)16(10-13)18(4,5)24-19/h6,9,12-13,16H,7-8,10H2,1-5H3/t12?,13-,16+,19+,20-/m1/s1. The maximum atomic E-state index is 13.3. The number of Topliss-reactive ketones (excluding diaryl/α,β-unsaturated/α-hetero) is 2. The summed E-state index contributed by atoms with van der Waals surface area (Å²) in [6.07, 6.45) is 5.33. The molecule has 1 spiro atoms. The second kappa shape index (κ2) is 4.67. The lowest BCUT2D eigenvalue weighted by Gasteiger charge is -2.57. The number of allylic oxidation sites excluding steroid dienone is 2. The fraction of sp³-hybridized carbons (Fsp3) is 0.700. The molecule has 1 unspecified atom stereocenters. The number of rotatable bonds is 2. The van der Waals surface area contributed by atoms with Gasteiger partial charge in [0.2, 0.25) is 0 Å². The fourth-order valence-electron chi connectivity index (χ4n) is 5.50. The number of ketones is 2. The Kier molecular flexibility index (Phi) is 3.16. The van der Waals surface area contributed by atoms with Crippen molar-refractivity contribution < 1.29 is 19.1 Å². The van der Waals surface area contributed by atoms with Gasteiger partial charge in [0.05, 0.1) is 11.7 Å². The Balaban J connectivity index is 1.98. The van der Waals surface area contributed by atoms with Gasteiger partial charge >= 0.3 is 0 Å². The summed E-state index contributed by atoms with van der Waals surface area (Å²) in [5.74, 6) is 0.0245. The zero-order chi connectivity index (χ0) is 17.5. The van der Waals surface area contributed by atoms with Gasteiger partial charge < -0.3 is 9.47 Å². The van der Waals surface area contributed by atoms with Crippen LogP contribution in [0.5, 0.6) is 0 Å². The molecule has 24 heavy (non-hydrogen) atoms. The van der Waals surface area contributed by atoms with Gasteiger partial charge in [-0.15, -0.1) is 0 Å². The summed E-state index contributed by atoms with van der Waals surface area (Å²) >= 11 is 0. The third-order valence-corrected chi connectivity index (χ3v) is 6.32. The molecule has 5 rings (SSSR count). The molecule has 130 valence electrons. The number of hydrogen-bond donors (Lipinski definition) is 0. The molecule has 5 atom stereocenters. The van der Waals surface area contributed by atoms with Crippen LogP contribution in [-0.2, 0) is 19.1 Å². The van der Waals surface area contributed by atoms with Crippen LogP contribution in [0.2, 0.25) is 0 Å². The van der Waals surface area contributed by atoms with Crippen molar-refractivity contribution in [3.8, 4) is 0 Å². The van der Waals surface area contributed by atoms with Crippen molar-refractivity contribution in [1.29, 1.82) is 0 Å². The Morgan fingerprint density at radius 2 is 2.04 bits per heavy atom. The predicted octanol–water partition coefficient (Wildman–Crippen LogP) is 3.15. The Morgan fingerprint density at radius 1 is 1.33 bits per heavy atom. The minimum Gasteiger partial charge on any atom is -0.363 e. The molecule has 2 saturated heterocycles. The van der Waals surface area contributed by atoms with E-state index in [1.807, 2.05) is 40.7 Å². The Labute approximate surface area is 143 Å². The van der Waals surface area contributed by atoms with E-state index < -0.39 is 16.8 Å². The lowest BCUT2D eigenvalue weighted by Crippen LogP contribution is -2.71. The highest BCUT2D eigenvalue weighted by Crippen LogP contribution is 2.67. The summed E-state index contributed by atoms with van der Waals surface area (Å²) < 4.78 is 13.0. The van der Waals surface area contributed by atoms with Gasteiger partial charge in [0.25, 0.3) is 0 Å². The van der Waals surface area contributed by atoms with Crippen molar-refractivity contribution in [3.63, 3.8) is 0 Å². The lowest BCUT2D eigenvalue weighted by molar-refractivity contribution is -0.205. The molecule has 0 radical (unpaired) electrons. The van der Waals surface area contributed by atoms with Gasteiger partial charge in [0, 0.05) is 30.3 Å². The van der Waals surface area contributed by atoms with Gasteiger partial charge in [-0.1, -0.05) is 17.7 Å². The minimum absolute atomic E-state index is 0.0324. The average Bonchev–Trinajstić information content (AvgIpc) is 2.62. The molecule has 0 aromatic carbocycles.